The number of non-ortho nitro benzene ring substituents is 1. The summed E-state index contributed by atoms with van der Waals surface area (Å²) in [4.78, 5) is 15.0. The zero-order valence-corrected chi connectivity index (χ0v) is 11.7. The van der Waals surface area contributed by atoms with Crippen LogP contribution in [0.4, 0.5) is 11.4 Å². The third kappa shape index (κ3) is 2.95. The fraction of sp³-hybridized carbons (Fsp3) is 0.400. The van der Waals surface area contributed by atoms with Gasteiger partial charge in [0.2, 0.25) is 0 Å². The van der Waals surface area contributed by atoms with Gasteiger partial charge in [-0.2, -0.15) is 0 Å². The molecule has 1 fully saturated rings. The molecular formula is C15H18N4O2. The molecule has 1 aliphatic heterocycles. The van der Waals surface area contributed by atoms with Crippen LogP contribution in [0.5, 0.6) is 0 Å². The number of nitro groups is 1. The summed E-state index contributed by atoms with van der Waals surface area (Å²) in [6.07, 6.45) is 4.07. The van der Waals surface area contributed by atoms with Crippen LogP contribution in [0.1, 0.15) is 12.8 Å². The molecule has 1 aromatic heterocycles. The molecule has 6 nitrogen and oxygen atoms in total. The highest BCUT2D eigenvalue weighted by atomic mass is 16.6. The van der Waals surface area contributed by atoms with Crippen LogP contribution in [-0.2, 0) is 0 Å². The molecule has 1 aromatic carbocycles. The average molecular weight is 286 g/mol. The van der Waals surface area contributed by atoms with Crippen molar-refractivity contribution in [1.82, 2.24) is 10.3 Å². The highest BCUT2D eigenvalue weighted by molar-refractivity contribution is 5.96. The Balaban J connectivity index is 1.85. The number of nitro benzene ring substituents is 1. The van der Waals surface area contributed by atoms with Gasteiger partial charge in [0.05, 0.1) is 16.0 Å². The van der Waals surface area contributed by atoms with Crippen molar-refractivity contribution in [3.05, 3.63) is 40.6 Å². The molecule has 1 unspecified atom stereocenters. The van der Waals surface area contributed by atoms with Gasteiger partial charge in [-0.1, -0.05) is 0 Å². The summed E-state index contributed by atoms with van der Waals surface area (Å²) in [6, 6.07) is 6.77. The second-order valence-corrected chi connectivity index (χ2v) is 5.38. The highest BCUT2D eigenvalue weighted by Crippen LogP contribution is 2.29. The maximum Gasteiger partial charge on any atom is 0.278 e. The van der Waals surface area contributed by atoms with E-state index in [0.29, 0.717) is 16.8 Å². The van der Waals surface area contributed by atoms with Crippen LogP contribution < -0.4 is 10.6 Å². The molecule has 3 rings (SSSR count). The summed E-state index contributed by atoms with van der Waals surface area (Å²) in [5.74, 6) is 0.590. The van der Waals surface area contributed by atoms with Gasteiger partial charge in [0, 0.05) is 18.8 Å². The molecule has 0 aliphatic carbocycles. The predicted molar refractivity (Wildman–Crippen MR) is 82.5 cm³/mol. The van der Waals surface area contributed by atoms with Gasteiger partial charge in [-0.3, -0.25) is 15.1 Å². The van der Waals surface area contributed by atoms with E-state index in [4.69, 9.17) is 0 Å². The second-order valence-electron chi connectivity index (χ2n) is 5.38. The van der Waals surface area contributed by atoms with Crippen LogP contribution in [-0.4, -0.2) is 29.5 Å². The van der Waals surface area contributed by atoms with Crippen molar-refractivity contribution < 1.29 is 4.92 Å². The van der Waals surface area contributed by atoms with Gasteiger partial charge >= 0.3 is 0 Å². The van der Waals surface area contributed by atoms with Crippen molar-refractivity contribution in [3.8, 4) is 0 Å². The summed E-state index contributed by atoms with van der Waals surface area (Å²) in [7, 11) is 0. The van der Waals surface area contributed by atoms with Crippen molar-refractivity contribution in [1.29, 1.82) is 0 Å². The van der Waals surface area contributed by atoms with E-state index in [9.17, 15) is 10.1 Å². The van der Waals surface area contributed by atoms with Crippen LogP contribution in [0.15, 0.2) is 30.5 Å². The van der Waals surface area contributed by atoms with Crippen LogP contribution in [0.2, 0.25) is 0 Å². The molecule has 0 radical (unpaired) electrons. The molecule has 0 spiro atoms. The number of hydrogen-bond acceptors (Lipinski definition) is 5. The molecule has 0 saturated carbocycles. The van der Waals surface area contributed by atoms with Gasteiger partial charge in [0.15, 0.2) is 0 Å². The lowest BCUT2D eigenvalue weighted by molar-refractivity contribution is -0.383. The molecule has 0 bridgehead atoms. The normalized spacial score (nSPS) is 18.6. The molecule has 110 valence electrons. The standard InChI is InChI=1S/C15H18N4O2/c20-19(21)14-6-5-13(15-12(14)4-2-8-17-15)18-10-11-3-1-7-16-9-11/h2,4-6,8,11,16,18H,1,3,7,9-10H2. The Morgan fingerprint density at radius 3 is 3.10 bits per heavy atom. The number of rotatable bonds is 4. The first-order valence-electron chi connectivity index (χ1n) is 7.22. The molecule has 1 saturated heterocycles. The van der Waals surface area contributed by atoms with E-state index in [-0.39, 0.29) is 10.6 Å². The Morgan fingerprint density at radius 2 is 2.33 bits per heavy atom. The van der Waals surface area contributed by atoms with Gasteiger partial charge in [-0.25, -0.2) is 0 Å². The Hall–Kier alpha value is -2.21. The zero-order chi connectivity index (χ0) is 14.7. The number of benzene rings is 1. The molecular weight excluding hydrogens is 268 g/mol. The minimum absolute atomic E-state index is 0.1000. The summed E-state index contributed by atoms with van der Waals surface area (Å²) in [5.41, 5.74) is 1.63. The second kappa shape index (κ2) is 6.05. The van der Waals surface area contributed by atoms with Crippen molar-refractivity contribution in [2.24, 2.45) is 5.92 Å². The number of anilines is 1. The van der Waals surface area contributed by atoms with Gasteiger partial charge in [0.25, 0.3) is 5.69 Å². The quantitative estimate of drug-likeness (QED) is 0.667. The van der Waals surface area contributed by atoms with Gasteiger partial charge in [-0.15, -0.1) is 0 Å². The monoisotopic (exact) mass is 286 g/mol. The fourth-order valence-electron chi connectivity index (χ4n) is 2.81. The molecule has 1 aliphatic rings. The van der Waals surface area contributed by atoms with E-state index >= 15 is 0 Å². The van der Waals surface area contributed by atoms with E-state index in [2.05, 4.69) is 15.6 Å². The first-order valence-corrected chi connectivity index (χ1v) is 7.22. The number of nitrogens with one attached hydrogen (secondary N) is 2. The first-order chi connectivity index (χ1) is 10.3. The fourth-order valence-corrected chi connectivity index (χ4v) is 2.81. The highest BCUT2D eigenvalue weighted by Gasteiger charge is 2.16. The van der Waals surface area contributed by atoms with Crippen LogP contribution >= 0.6 is 0 Å². The number of hydrogen-bond donors (Lipinski definition) is 2. The lowest BCUT2D eigenvalue weighted by atomic mass is 9.99. The maximum atomic E-state index is 11.1. The minimum atomic E-state index is -0.362. The molecule has 6 heteroatoms. The molecule has 1 atom stereocenters. The summed E-state index contributed by atoms with van der Waals surface area (Å²) in [5, 5.41) is 18.4. The SMILES string of the molecule is O=[N+]([O-])c1ccc(NCC2CCCNC2)c2ncccc12. The predicted octanol–water partition coefficient (Wildman–Crippen LogP) is 2.55. The van der Waals surface area contributed by atoms with Crippen LogP contribution in [0.25, 0.3) is 10.9 Å². The summed E-state index contributed by atoms with van der Waals surface area (Å²) < 4.78 is 0. The van der Waals surface area contributed by atoms with Crippen LogP contribution in [0, 0.1) is 16.0 Å². The zero-order valence-electron chi connectivity index (χ0n) is 11.7. The summed E-state index contributed by atoms with van der Waals surface area (Å²) >= 11 is 0. The van der Waals surface area contributed by atoms with E-state index in [1.165, 1.54) is 12.8 Å². The van der Waals surface area contributed by atoms with E-state index < -0.39 is 0 Å². The molecule has 2 N–H and O–H groups in total. The van der Waals surface area contributed by atoms with Crippen molar-refractivity contribution in [2.45, 2.75) is 12.8 Å². The van der Waals surface area contributed by atoms with Crippen LogP contribution in [0.3, 0.4) is 0 Å². The number of piperidine rings is 1. The van der Waals surface area contributed by atoms with Crippen molar-refractivity contribution >= 4 is 22.3 Å². The number of aromatic nitrogens is 1. The average Bonchev–Trinajstić information content (AvgIpc) is 2.53. The minimum Gasteiger partial charge on any atom is -0.383 e. The van der Waals surface area contributed by atoms with E-state index in [1.807, 2.05) is 0 Å². The third-order valence-electron chi connectivity index (χ3n) is 3.92. The third-order valence-corrected chi connectivity index (χ3v) is 3.92. The van der Waals surface area contributed by atoms with Crippen molar-refractivity contribution in [2.75, 3.05) is 25.0 Å². The van der Waals surface area contributed by atoms with Gasteiger partial charge in [0.1, 0.15) is 5.52 Å². The molecule has 0 amide bonds. The lowest BCUT2D eigenvalue weighted by Crippen LogP contribution is -2.33. The maximum absolute atomic E-state index is 11.1. The summed E-state index contributed by atoms with van der Waals surface area (Å²) in [6.45, 7) is 2.97. The topological polar surface area (TPSA) is 80.1 Å². The number of pyridine rings is 1. The first kappa shape index (κ1) is 13.8. The Labute approximate surface area is 122 Å². The van der Waals surface area contributed by atoms with Gasteiger partial charge in [-0.05, 0) is 50.0 Å². The smallest absolute Gasteiger partial charge is 0.278 e. The number of fused-ring (bicyclic) bond motifs is 1. The molecule has 21 heavy (non-hydrogen) atoms. The number of nitrogens with zero attached hydrogens (tertiary/aromatic N) is 2. The van der Waals surface area contributed by atoms with E-state index in [1.54, 1.807) is 30.5 Å². The Kier molecular flexibility index (Phi) is 3.96. The Bertz CT molecular complexity index is 653. The largest absolute Gasteiger partial charge is 0.383 e. The van der Waals surface area contributed by atoms with Gasteiger partial charge < -0.3 is 10.6 Å². The van der Waals surface area contributed by atoms with E-state index in [0.717, 1.165) is 25.3 Å². The Morgan fingerprint density at radius 1 is 1.43 bits per heavy atom. The molecule has 2 aromatic rings. The lowest BCUT2D eigenvalue weighted by Gasteiger charge is -2.23. The molecule has 2 heterocycles. The van der Waals surface area contributed by atoms with Crippen molar-refractivity contribution in [3.63, 3.8) is 0 Å².